The summed E-state index contributed by atoms with van der Waals surface area (Å²) in [6.07, 6.45) is 0.861. The number of anilines is 1. The molecule has 0 aromatic heterocycles. The summed E-state index contributed by atoms with van der Waals surface area (Å²) in [5.74, 6) is 1.66. The molecule has 0 aliphatic carbocycles. The van der Waals surface area contributed by atoms with Gasteiger partial charge in [-0.1, -0.05) is 12.1 Å². The molecule has 0 atom stereocenters. The summed E-state index contributed by atoms with van der Waals surface area (Å²) in [7, 11) is 0. The van der Waals surface area contributed by atoms with Gasteiger partial charge in [0, 0.05) is 30.3 Å². The van der Waals surface area contributed by atoms with Gasteiger partial charge in [-0.25, -0.2) is 4.99 Å². The maximum Gasteiger partial charge on any atom is 0.251 e. The Bertz CT molecular complexity index is 818. The second-order valence-corrected chi connectivity index (χ2v) is 6.09. The molecule has 1 amide bonds. The fraction of sp³-hybridized carbons (Fsp3) is 0.300. The van der Waals surface area contributed by atoms with Gasteiger partial charge < -0.3 is 25.8 Å². The van der Waals surface area contributed by atoms with Crippen molar-refractivity contribution >= 4 is 17.6 Å². The normalized spacial score (nSPS) is 13.6. The Morgan fingerprint density at radius 1 is 1.11 bits per heavy atom. The Balaban J connectivity index is 1.59. The van der Waals surface area contributed by atoms with Crippen molar-refractivity contribution in [3.05, 3.63) is 53.6 Å². The SMILES string of the molecule is CCNC(=O)c1ccc(CN=C(N)Nc2ccc3c(c2)OCCCO3)cc1. The number of aliphatic imine (C=N–C) groups is 1. The van der Waals surface area contributed by atoms with Crippen LogP contribution in [0, 0.1) is 0 Å². The van der Waals surface area contributed by atoms with E-state index in [1.807, 2.05) is 37.3 Å². The maximum atomic E-state index is 11.8. The van der Waals surface area contributed by atoms with Crippen LogP contribution in [0.4, 0.5) is 5.69 Å². The molecule has 0 unspecified atom stereocenters. The van der Waals surface area contributed by atoms with Crippen LogP contribution < -0.4 is 25.8 Å². The second kappa shape index (κ2) is 8.93. The van der Waals surface area contributed by atoms with E-state index < -0.39 is 0 Å². The van der Waals surface area contributed by atoms with Crippen LogP contribution in [0.5, 0.6) is 11.5 Å². The van der Waals surface area contributed by atoms with Gasteiger partial charge >= 0.3 is 0 Å². The van der Waals surface area contributed by atoms with Gasteiger partial charge in [0.1, 0.15) is 0 Å². The van der Waals surface area contributed by atoms with Crippen LogP contribution in [0.1, 0.15) is 29.3 Å². The fourth-order valence-corrected chi connectivity index (χ4v) is 2.63. The van der Waals surface area contributed by atoms with Gasteiger partial charge in [-0.3, -0.25) is 4.79 Å². The molecule has 1 heterocycles. The third-order valence-electron chi connectivity index (χ3n) is 4.01. The lowest BCUT2D eigenvalue weighted by atomic mass is 10.1. The molecule has 0 saturated carbocycles. The number of fused-ring (bicyclic) bond motifs is 1. The van der Waals surface area contributed by atoms with Gasteiger partial charge in [-0.15, -0.1) is 0 Å². The standard InChI is InChI=1S/C20H24N4O3/c1-2-22-19(25)15-6-4-14(5-7-15)13-23-20(21)24-16-8-9-17-18(12-16)27-11-3-10-26-17/h4-9,12H,2-3,10-11,13H2,1H3,(H,22,25)(H3,21,23,24). The molecule has 0 spiro atoms. The third-order valence-corrected chi connectivity index (χ3v) is 4.01. The van der Waals surface area contributed by atoms with Gasteiger partial charge in [0.05, 0.1) is 19.8 Å². The van der Waals surface area contributed by atoms with Gasteiger partial charge in [-0.2, -0.15) is 0 Å². The first-order valence-electron chi connectivity index (χ1n) is 8.99. The van der Waals surface area contributed by atoms with Crippen LogP contribution in [0.25, 0.3) is 0 Å². The average Bonchev–Trinajstić information content (AvgIpc) is 2.92. The van der Waals surface area contributed by atoms with Crippen molar-refractivity contribution in [2.75, 3.05) is 25.1 Å². The molecule has 0 saturated heterocycles. The first kappa shape index (κ1) is 18.6. The fourth-order valence-electron chi connectivity index (χ4n) is 2.63. The lowest BCUT2D eigenvalue weighted by Gasteiger charge is -2.10. The van der Waals surface area contributed by atoms with Crippen LogP contribution in [0.2, 0.25) is 0 Å². The molecule has 1 aliphatic rings. The van der Waals surface area contributed by atoms with E-state index in [2.05, 4.69) is 15.6 Å². The highest BCUT2D eigenvalue weighted by Gasteiger charge is 2.11. The highest BCUT2D eigenvalue weighted by molar-refractivity contribution is 5.94. The van der Waals surface area contributed by atoms with Crippen LogP contribution in [0.15, 0.2) is 47.5 Å². The summed E-state index contributed by atoms with van der Waals surface area (Å²) in [5.41, 5.74) is 8.36. The number of carbonyl (C=O) groups excluding carboxylic acids is 1. The Hall–Kier alpha value is -3.22. The Morgan fingerprint density at radius 2 is 1.85 bits per heavy atom. The largest absolute Gasteiger partial charge is 0.490 e. The number of amides is 1. The summed E-state index contributed by atoms with van der Waals surface area (Å²) in [6, 6.07) is 12.9. The van der Waals surface area contributed by atoms with Crippen LogP contribution in [-0.4, -0.2) is 31.6 Å². The third kappa shape index (κ3) is 5.13. The van der Waals surface area contributed by atoms with Crippen LogP contribution in [-0.2, 0) is 6.54 Å². The first-order valence-corrected chi connectivity index (χ1v) is 8.99. The molecular weight excluding hydrogens is 344 g/mol. The maximum absolute atomic E-state index is 11.8. The van der Waals surface area contributed by atoms with E-state index in [1.54, 1.807) is 12.1 Å². The molecule has 1 aliphatic heterocycles. The average molecular weight is 368 g/mol. The Kier molecular flexibility index (Phi) is 6.14. The van der Waals surface area contributed by atoms with Gasteiger partial charge in [0.2, 0.25) is 0 Å². The molecule has 2 aromatic carbocycles. The minimum atomic E-state index is -0.0804. The predicted molar refractivity (Wildman–Crippen MR) is 105 cm³/mol. The van der Waals surface area contributed by atoms with E-state index in [0.717, 1.165) is 23.4 Å². The monoisotopic (exact) mass is 368 g/mol. The van der Waals surface area contributed by atoms with E-state index in [4.69, 9.17) is 15.2 Å². The summed E-state index contributed by atoms with van der Waals surface area (Å²) < 4.78 is 11.3. The molecule has 7 heteroatoms. The van der Waals surface area contributed by atoms with Crippen molar-refractivity contribution in [1.29, 1.82) is 0 Å². The number of guanidine groups is 1. The number of ether oxygens (including phenoxy) is 2. The zero-order valence-corrected chi connectivity index (χ0v) is 15.3. The van der Waals surface area contributed by atoms with Crippen molar-refractivity contribution in [1.82, 2.24) is 5.32 Å². The lowest BCUT2D eigenvalue weighted by Crippen LogP contribution is -2.23. The molecule has 7 nitrogen and oxygen atoms in total. The zero-order valence-electron chi connectivity index (χ0n) is 15.3. The zero-order chi connectivity index (χ0) is 19.1. The Labute approximate surface area is 158 Å². The summed E-state index contributed by atoms with van der Waals surface area (Å²) in [5, 5.41) is 5.83. The number of nitrogens with zero attached hydrogens (tertiary/aromatic N) is 1. The first-order chi connectivity index (χ1) is 13.2. The number of nitrogens with two attached hydrogens (primary N) is 1. The number of benzene rings is 2. The van der Waals surface area contributed by atoms with Gasteiger partial charge in [-0.05, 0) is 36.8 Å². The van der Waals surface area contributed by atoms with Crippen molar-refractivity contribution in [3.8, 4) is 11.5 Å². The molecule has 27 heavy (non-hydrogen) atoms. The summed E-state index contributed by atoms with van der Waals surface area (Å²) >= 11 is 0. The van der Waals surface area contributed by atoms with Crippen LogP contribution in [0.3, 0.4) is 0 Å². The molecule has 2 aromatic rings. The quantitative estimate of drug-likeness (QED) is 0.556. The highest BCUT2D eigenvalue weighted by atomic mass is 16.5. The second-order valence-electron chi connectivity index (χ2n) is 6.09. The van der Waals surface area contributed by atoms with Crippen LogP contribution >= 0.6 is 0 Å². The topological polar surface area (TPSA) is 98.0 Å². The van der Waals surface area contributed by atoms with E-state index in [-0.39, 0.29) is 5.91 Å². The van der Waals surface area contributed by atoms with E-state index >= 15 is 0 Å². The Morgan fingerprint density at radius 3 is 2.59 bits per heavy atom. The number of hydrogen-bond acceptors (Lipinski definition) is 4. The van der Waals surface area contributed by atoms with Crippen molar-refractivity contribution in [3.63, 3.8) is 0 Å². The molecule has 142 valence electrons. The summed E-state index contributed by atoms with van der Waals surface area (Å²) in [4.78, 5) is 16.1. The molecule has 3 rings (SSSR count). The van der Waals surface area contributed by atoms with E-state index in [9.17, 15) is 4.79 Å². The lowest BCUT2D eigenvalue weighted by molar-refractivity contribution is 0.0956. The molecule has 0 fully saturated rings. The van der Waals surface area contributed by atoms with Gasteiger partial charge in [0.15, 0.2) is 17.5 Å². The smallest absolute Gasteiger partial charge is 0.251 e. The number of nitrogens with one attached hydrogen (secondary N) is 2. The van der Waals surface area contributed by atoms with E-state index in [0.29, 0.717) is 43.6 Å². The van der Waals surface area contributed by atoms with Gasteiger partial charge in [0.25, 0.3) is 5.91 Å². The molecule has 4 N–H and O–H groups in total. The summed E-state index contributed by atoms with van der Waals surface area (Å²) in [6.45, 7) is 4.20. The molecule has 0 bridgehead atoms. The number of rotatable bonds is 5. The highest BCUT2D eigenvalue weighted by Crippen LogP contribution is 2.32. The number of hydrogen-bond donors (Lipinski definition) is 3. The van der Waals surface area contributed by atoms with E-state index in [1.165, 1.54) is 0 Å². The van der Waals surface area contributed by atoms with Crippen molar-refractivity contribution in [2.24, 2.45) is 10.7 Å². The predicted octanol–water partition coefficient (Wildman–Crippen LogP) is 2.52. The van der Waals surface area contributed by atoms with Crippen molar-refractivity contribution in [2.45, 2.75) is 19.9 Å². The van der Waals surface area contributed by atoms with Crippen molar-refractivity contribution < 1.29 is 14.3 Å². The minimum absolute atomic E-state index is 0.0804. The minimum Gasteiger partial charge on any atom is -0.490 e. The molecular formula is C20H24N4O3. The number of carbonyl (C=O) groups is 1. The molecule has 0 radical (unpaired) electrons.